The summed E-state index contributed by atoms with van der Waals surface area (Å²) in [6.45, 7) is 0. The van der Waals surface area contributed by atoms with E-state index in [2.05, 4.69) is 16.0 Å². The summed E-state index contributed by atoms with van der Waals surface area (Å²) in [4.78, 5) is 50.6. The molecule has 1 aliphatic carbocycles. The molecule has 8 heteroatoms. The predicted molar refractivity (Wildman–Crippen MR) is 102 cm³/mol. The van der Waals surface area contributed by atoms with Crippen LogP contribution in [0.3, 0.4) is 0 Å². The number of nitrogens with one attached hydrogen (secondary N) is 3. The number of imide groups is 2. The lowest BCUT2D eigenvalue weighted by molar-refractivity contribution is -0.136. The average molecular weight is 384 g/mol. The van der Waals surface area contributed by atoms with Crippen molar-refractivity contribution in [1.29, 1.82) is 0 Å². The van der Waals surface area contributed by atoms with E-state index in [0.29, 0.717) is 22.9 Å². The van der Waals surface area contributed by atoms with Gasteiger partial charge in [0.05, 0.1) is 11.1 Å². The molecule has 2 aliphatic heterocycles. The quantitative estimate of drug-likeness (QED) is 0.670. The summed E-state index contributed by atoms with van der Waals surface area (Å²) >= 11 is 0. The van der Waals surface area contributed by atoms with Crippen molar-refractivity contribution in [2.24, 2.45) is 0 Å². The largest absolute Gasteiger partial charge is 0.382 e. The van der Waals surface area contributed by atoms with Gasteiger partial charge >= 0.3 is 0 Å². The van der Waals surface area contributed by atoms with E-state index >= 15 is 0 Å². The first-order valence-electron chi connectivity index (χ1n) is 9.78. The number of piperidine rings is 1. The van der Waals surface area contributed by atoms with Crippen molar-refractivity contribution in [2.45, 2.75) is 56.7 Å². The van der Waals surface area contributed by atoms with Crippen LogP contribution in [0.4, 0.5) is 5.69 Å². The Morgan fingerprint density at radius 1 is 0.964 bits per heavy atom. The summed E-state index contributed by atoms with van der Waals surface area (Å²) in [5, 5.41) is 8.95. The Morgan fingerprint density at radius 2 is 1.68 bits per heavy atom. The molecule has 3 aliphatic rings. The Labute approximate surface area is 163 Å². The van der Waals surface area contributed by atoms with Crippen molar-refractivity contribution in [3.05, 3.63) is 29.3 Å². The van der Waals surface area contributed by atoms with Gasteiger partial charge < -0.3 is 10.6 Å². The van der Waals surface area contributed by atoms with E-state index in [1.807, 2.05) is 13.1 Å². The number of anilines is 1. The van der Waals surface area contributed by atoms with E-state index < -0.39 is 23.8 Å². The number of carbonyl (C=O) groups excluding carboxylic acids is 4. The number of hydrogen-bond donors (Lipinski definition) is 3. The van der Waals surface area contributed by atoms with Crippen LogP contribution in [0.5, 0.6) is 0 Å². The van der Waals surface area contributed by atoms with Crippen molar-refractivity contribution in [2.75, 3.05) is 12.4 Å². The van der Waals surface area contributed by atoms with Crippen molar-refractivity contribution in [3.63, 3.8) is 0 Å². The molecule has 148 valence electrons. The van der Waals surface area contributed by atoms with Gasteiger partial charge in [-0.2, -0.15) is 0 Å². The molecule has 0 bridgehead atoms. The fourth-order valence-electron chi connectivity index (χ4n) is 4.38. The fourth-order valence-corrected chi connectivity index (χ4v) is 4.38. The number of rotatable bonds is 4. The lowest BCUT2D eigenvalue weighted by atomic mass is 9.91. The zero-order chi connectivity index (χ0) is 19.8. The molecule has 0 spiro atoms. The van der Waals surface area contributed by atoms with E-state index in [9.17, 15) is 19.2 Å². The Hall–Kier alpha value is -2.74. The van der Waals surface area contributed by atoms with Crippen molar-refractivity contribution in [3.8, 4) is 0 Å². The van der Waals surface area contributed by atoms with E-state index in [1.165, 1.54) is 0 Å². The molecule has 4 amide bonds. The highest BCUT2D eigenvalue weighted by atomic mass is 16.2. The second kappa shape index (κ2) is 7.35. The standard InChI is InChI=1S/C20H24N4O4/c1-21-11-5-7-12(8-6-11)22-14-4-2-3-13-17(14)20(28)24(19(13)27)15-9-10-16(25)23-18(15)26/h2-4,11-12,15,21-22H,5-10H2,1H3,(H,23,25,26)/t11-,12+,15?. The van der Waals surface area contributed by atoms with E-state index in [0.717, 1.165) is 30.6 Å². The van der Waals surface area contributed by atoms with Gasteiger partial charge in [-0.3, -0.25) is 29.4 Å². The third-order valence-electron chi connectivity index (χ3n) is 5.96. The molecular formula is C20H24N4O4. The minimum Gasteiger partial charge on any atom is -0.382 e. The lowest BCUT2D eigenvalue weighted by Gasteiger charge is -2.30. The zero-order valence-corrected chi connectivity index (χ0v) is 15.8. The molecule has 1 atom stereocenters. The van der Waals surface area contributed by atoms with Gasteiger partial charge in [-0.15, -0.1) is 0 Å². The predicted octanol–water partition coefficient (Wildman–Crippen LogP) is 1.03. The number of carbonyl (C=O) groups is 4. The Kier molecular flexibility index (Phi) is 4.89. The highest BCUT2D eigenvalue weighted by molar-refractivity contribution is 6.25. The molecule has 1 saturated carbocycles. The molecule has 1 aromatic rings. The van der Waals surface area contributed by atoms with Crippen LogP contribution in [0.1, 0.15) is 59.2 Å². The normalized spacial score (nSPS) is 27.6. The molecule has 1 unspecified atom stereocenters. The zero-order valence-electron chi connectivity index (χ0n) is 15.8. The number of nitrogens with zero attached hydrogens (tertiary/aromatic N) is 1. The Bertz CT molecular complexity index is 845. The molecular weight excluding hydrogens is 360 g/mol. The van der Waals surface area contributed by atoms with Gasteiger partial charge in [0.2, 0.25) is 11.8 Å². The molecule has 0 aromatic heterocycles. The fraction of sp³-hybridized carbons (Fsp3) is 0.500. The summed E-state index contributed by atoms with van der Waals surface area (Å²) in [5.41, 5.74) is 1.27. The van der Waals surface area contributed by atoms with Gasteiger partial charge in [-0.25, -0.2) is 0 Å². The molecule has 8 nitrogen and oxygen atoms in total. The van der Waals surface area contributed by atoms with Gasteiger partial charge in [-0.1, -0.05) is 6.07 Å². The second-order valence-corrected chi connectivity index (χ2v) is 7.66. The monoisotopic (exact) mass is 384 g/mol. The lowest BCUT2D eigenvalue weighted by Crippen LogP contribution is -2.54. The van der Waals surface area contributed by atoms with Crippen molar-refractivity contribution in [1.82, 2.24) is 15.5 Å². The number of amides is 4. The first-order valence-corrected chi connectivity index (χ1v) is 9.78. The first kappa shape index (κ1) is 18.6. The van der Waals surface area contributed by atoms with Crippen LogP contribution in [0.2, 0.25) is 0 Å². The number of benzene rings is 1. The van der Waals surface area contributed by atoms with Crippen LogP contribution in [0, 0.1) is 0 Å². The van der Waals surface area contributed by atoms with Crippen LogP contribution >= 0.6 is 0 Å². The van der Waals surface area contributed by atoms with Crippen molar-refractivity contribution >= 4 is 29.3 Å². The third-order valence-corrected chi connectivity index (χ3v) is 5.96. The third kappa shape index (κ3) is 3.17. The van der Waals surface area contributed by atoms with Crippen LogP contribution < -0.4 is 16.0 Å². The molecule has 2 heterocycles. The second-order valence-electron chi connectivity index (χ2n) is 7.66. The van der Waals surface area contributed by atoms with Crippen LogP contribution in [0.25, 0.3) is 0 Å². The Balaban J connectivity index is 1.56. The molecule has 1 aromatic carbocycles. The molecule has 3 N–H and O–H groups in total. The van der Waals surface area contributed by atoms with Crippen LogP contribution in [0.15, 0.2) is 18.2 Å². The minimum atomic E-state index is -0.941. The number of hydrogen-bond acceptors (Lipinski definition) is 6. The van der Waals surface area contributed by atoms with Gasteiger partial charge in [0, 0.05) is 24.2 Å². The highest BCUT2D eigenvalue weighted by Gasteiger charge is 2.45. The van der Waals surface area contributed by atoms with E-state index in [4.69, 9.17) is 0 Å². The maximum Gasteiger partial charge on any atom is 0.264 e. The van der Waals surface area contributed by atoms with Gasteiger partial charge in [0.1, 0.15) is 6.04 Å². The molecule has 1 saturated heterocycles. The summed E-state index contributed by atoms with van der Waals surface area (Å²) in [6, 6.07) is 4.99. The van der Waals surface area contributed by atoms with E-state index in [1.54, 1.807) is 12.1 Å². The summed E-state index contributed by atoms with van der Waals surface area (Å²) in [6.07, 6.45) is 4.34. The maximum atomic E-state index is 13.1. The summed E-state index contributed by atoms with van der Waals surface area (Å²) in [7, 11) is 1.97. The maximum absolute atomic E-state index is 13.1. The van der Waals surface area contributed by atoms with Gasteiger partial charge in [-0.05, 0) is 51.3 Å². The van der Waals surface area contributed by atoms with Crippen LogP contribution in [-0.2, 0) is 9.59 Å². The average Bonchev–Trinajstić information content (AvgIpc) is 2.94. The SMILES string of the molecule is CN[C@H]1CC[C@@H](Nc2cccc3c2C(=O)N(C2CCC(=O)NC2=O)C3=O)CC1. The first-order chi connectivity index (χ1) is 13.5. The number of fused-ring (bicyclic) bond motifs is 1. The molecule has 2 fully saturated rings. The van der Waals surface area contributed by atoms with Gasteiger partial charge in [0.15, 0.2) is 0 Å². The summed E-state index contributed by atoms with van der Waals surface area (Å²) < 4.78 is 0. The molecule has 28 heavy (non-hydrogen) atoms. The highest BCUT2D eigenvalue weighted by Crippen LogP contribution is 2.33. The van der Waals surface area contributed by atoms with Gasteiger partial charge in [0.25, 0.3) is 11.8 Å². The smallest absolute Gasteiger partial charge is 0.264 e. The molecule has 4 rings (SSSR count). The topological polar surface area (TPSA) is 108 Å². The Morgan fingerprint density at radius 3 is 2.36 bits per heavy atom. The van der Waals surface area contributed by atoms with E-state index in [-0.39, 0.29) is 24.8 Å². The van der Waals surface area contributed by atoms with Crippen molar-refractivity contribution < 1.29 is 19.2 Å². The molecule has 0 radical (unpaired) electrons. The minimum absolute atomic E-state index is 0.115. The summed E-state index contributed by atoms with van der Waals surface area (Å²) in [5.74, 6) is -1.92. The van der Waals surface area contributed by atoms with Crippen LogP contribution in [-0.4, -0.2) is 53.7 Å².